The van der Waals surface area contributed by atoms with Crippen LogP contribution in [0.1, 0.15) is 56.0 Å². The van der Waals surface area contributed by atoms with Crippen LogP contribution in [0.2, 0.25) is 19.6 Å². The molecule has 4 nitrogen and oxygen atoms in total. The van der Waals surface area contributed by atoms with Gasteiger partial charge in [0.15, 0.2) is 14.1 Å². The smallest absolute Gasteiger partial charge is 0.233 e. The maximum Gasteiger partial charge on any atom is 0.233 e. The maximum absolute atomic E-state index is 13.0. The Morgan fingerprint density at radius 1 is 0.926 bits per heavy atom. The number of fused-ring (bicyclic) bond motifs is 2. The zero-order valence-electron chi connectivity index (χ0n) is 16.4. The van der Waals surface area contributed by atoms with Crippen LogP contribution < -0.4 is 0 Å². The van der Waals surface area contributed by atoms with Gasteiger partial charge in [-0.05, 0) is 57.1 Å². The number of Topliss-reactive ketones (excluding diaryl/α,β-unsaturated/α-hetero) is 3. The van der Waals surface area contributed by atoms with Crippen LogP contribution in [0.15, 0.2) is 42.5 Å². The number of rotatable bonds is 4. The first-order valence-corrected chi connectivity index (χ1v) is 12.5. The van der Waals surface area contributed by atoms with Crippen molar-refractivity contribution in [2.24, 2.45) is 0 Å². The second-order valence-electron chi connectivity index (χ2n) is 8.42. The van der Waals surface area contributed by atoms with Crippen molar-refractivity contribution in [1.82, 2.24) is 0 Å². The van der Waals surface area contributed by atoms with Crippen LogP contribution in [0, 0.1) is 0 Å². The minimum atomic E-state index is -1.93. The van der Waals surface area contributed by atoms with Gasteiger partial charge in [-0.3, -0.25) is 14.4 Å². The Morgan fingerprint density at radius 2 is 1.52 bits per heavy atom. The molecule has 0 aromatic heterocycles. The van der Waals surface area contributed by atoms with E-state index in [0.29, 0.717) is 23.1 Å². The van der Waals surface area contributed by atoms with Crippen molar-refractivity contribution in [1.29, 1.82) is 0 Å². The second kappa shape index (κ2) is 6.66. The molecule has 0 bridgehead atoms. The van der Waals surface area contributed by atoms with Gasteiger partial charge in [-0.25, -0.2) is 0 Å². The Balaban J connectivity index is 2.02. The highest BCUT2D eigenvalue weighted by atomic mass is 28.4. The third kappa shape index (κ3) is 3.84. The van der Waals surface area contributed by atoms with Gasteiger partial charge >= 0.3 is 0 Å². The van der Waals surface area contributed by atoms with Gasteiger partial charge in [0.1, 0.15) is 5.60 Å². The summed E-state index contributed by atoms with van der Waals surface area (Å²) in [6, 6.07) is 12.2. The van der Waals surface area contributed by atoms with Crippen molar-refractivity contribution in [3.63, 3.8) is 0 Å². The molecule has 1 aliphatic rings. The summed E-state index contributed by atoms with van der Waals surface area (Å²) in [5, 5.41) is 0. The van der Waals surface area contributed by atoms with E-state index < -0.39 is 25.5 Å². The summed E-state index contributed by atoms with van der Waals surface area (Å²) in [4.78, 5) is 38.4. The second-order valence-corrected chi connectivity index (χ2v) is 12.8. The monoisotopic (exact) mass is 380 g/mol. The molecule has 0 aliphatic heterocycles. The molecule has 1 aliphatic carbocycles. The lowest BCUT2D eigenvalue weighted by Crippen LogP contribution is -2.44. The summed E-state index contributed by atoms with van der Waals surface area (Å²) < 4.78 is 6.05. The van der Waals surface area contributed by atoms with Crippen LogP contribution in [0.5, 0.6) is 0 Å². The van der Waals surface area contributed by atoms with Gasteiger partial charge in [-0.15, -0.1) is 0 Å². The molecule has 0 N–H and O–H groups in total. The summed E-state index contributed by atoms with van der Waals surface area (Å²) in [6.07, 6.45) is 0.492. The Bertz CT molecular complexity index is 951. The number of hydrogen-bond acceptors (Lipinski definition) is 4. The summed E-state index contributed by atoms with van der Waals surface area (Å²) in [5.74, 6) is -1.27. The highest BCUT2D eigenvalue weighted by Gasteiger charge is 2.36. The van der Waals surface area contributed by atoms with E-state index in [4.69, 9.17) is 4.43 Å². The van der Waals surface area contributed by atoms with Crippen molar-refractivity contribution in [3.05, 3.63) is 70.3 Å². The first-order valence-electron chi connectivity index (χ1n) is 9.04. The summed E-state index contributed by atoms with van der Waals surface area (Å²) in [5.41, 5.74) is 1.75. The Labute approximate surface area is 160 Å². The lowest BCUT2D eigenvalue weighted by molar-refractivity contribution is 0.0557. The predicted octanol–water partition coefficient (Wildman–Crippen LogP) is 4.47. The average Bonchev–Trinajstić information content (AvgIpc) is 2.68. The van der Waals surface area contributed by atoms with Gasteiger partial charge in [0, 0.05) is 16.7 Å². The molecule has 0 fully saturated rings. The zero-order chi connectivity index (χ0) is 20.0. The van der Waals surface area contributed by atoms with Gasteiger partial charge < -0.3 is 4.43 Å². The molecular formula is C22H24O4Si. The van der Waals surface area contributed by atoms with E-state index in [0.717, 1.165) is 11.1 Å². The van der Waals surface area contributed by atoms with E-state index in [9.17, 15) is 14.4 Å². The zero-order valence-corrected chi connectivity index (χ0v) is 17.4. The minimum Gasteiger partial charge on any atom is -0.405 e. The van der Waals surface area contributed by atoms with Crippen molar-refractivity contribution < 1.29 is 18.8 Å². The van der Waals surface area contributed by atoms with Gasteiger partial charge in [-0.2, -0.15) is 0 Å². The summed E-state index contributed by atoms with van der Waals surface area (Å²) in [6.45, 7) is 9.58. The highest BCUT2D eigenvalue weighted by Crippen LogP contribution is 2.28. The molecule has 0 heterocycles. The third-order valence-electron chi connectivity index (χ3n) is 4.57. The Kier molecular flexibility index (Phi) is 4.78. The van der Waals surface area contributed by atoms with Gasteiger partial charge in [-0.1, -0.05) is 36.4 Å². The maximum atomic E-state index is 13.0. The van der Waals surface area contributed by atoms with E-state index in [-0.39, 0.29) is 5.78 Å². The molecule has 5 heteroatoms. The lowest BCUT2D eigenvalue weighted by Gasteiger charge is -2.31. The topological polar surface area (TPSA) is 60.4 Å². The van der Waals surface area contributed by atoms with E-state index in [1.54, 1.807) is 44.2 Å². The number of hydrogen-bond donors (Lipinski definition) is 0. The molecule has 0 saturated carbocycles. The number of carbonyl (C=O) groups is 3. The average molecular weight is 381 g/mol. The first-order chi connectivity index (χ1) is 12.5. The molecule has 0 spiro atoms. The van der Waals surface area contributed by atoms with Crippen molar-refractivity contribution in [2.45, 2.75) is 45.5 Å². The quantitative estimate of drug-likeness (QED) is 0.446. The SMILES string of the molecule is CC(C)(O[Si](C)(C)C)C(=O)c1ccc2c(c1)C(=O)C(=O)c1ccccc1C2. The molecule has 0 atom stereocenters. The fourth-order valence-electron chi connectivity index (χ4n) is 3.59. The van der Waals surface area contributed by atoms with Gasteiger partial charge in [0.05, 0.1) is 0 Å². The van der Waals surface area contributed by atoms with Gasteiger partial charge in [0.2, 0.25) is 11.6 Å². The van der Waals surface area contributed by atoms with Gasteiger partial charge in [0.25, 0.3) is 0 Å². The molecule has 0 amide bonds. The molecule has 3 rings (SSSR count). The number of carbonyl (C=O) groups excluding carboxylic acids is 3. The minimum absolute atomic E-state index is 0.185. The molecular weight excluding hydrogens is 356 g/mol. The van der Waals surface area contributed by atoms with Crippen LogP contribution in [-0.4, -0.2) is 31.3 Å². The molecule has 0 unspecified atom stereocenters. The van der Waals surface area contributed by atoms with E-state index in [1.165, 1.54) is 0 Å². The van der Waals surface area contributed by atoms with E-state index in [2.05, 4.69) is 0 Å². The summed E-state index contributed by atoms with van der Waals surface area (Å²) in [7, 11) is -1.93. The number of benzene rings is 2. The molecule has 2 aromatic carbocycles. The van der Waals surface area contributed by atoms with Crippen LogP contribution in [0.25, 0.3) is 0 Å². The van der Waals surface area contributed by atoms with Crippen molar-refractivity contribution in [3.8, 4) is 0 Å². The highest BCUT2D eigenvalue weighted by molar-refractivity contribution is 6.70. The molecule has 2 aromatic rings. The standard InChI is InChI=1S/C22H24O4Si/c1-22(2,26-27(3,4)5)21(25)16-11-10-15-12-14-8-6-7-9-17(14)19(23)20(24)18(15)13-16/h6-11,13H,12H2,1-5H3. The third-order valence-corrected chi connectivity index (χ3v) is 5.70. The summed E-state index contributed by atoms with van der Waals surface area (Å²) >= 11 is 0. The molecule has 140 valence electrons. The largest absolute Gasteiger partial charge is 0.405 e. The van der Waals surface area contributed by atoms with E-state index >= 15 is 0 Å². The van der Waals surface area contributed by atoms with Crippen LogP contribution in [-0.2, 0) is 10.8 Å². The molecule has 0 saturated heterocycles. The Hall–Kier alpha value is -2.37. The van der Waals surface area contributed by atoms with Crippen molar-refractivity contribution in [2.75, 3.05) is 0 Å². The fourth-order valence-corrected chi connectivity index (χ4v) is 5.21. The number of ketones is 3. The van der Waals surface area contributed by atoms with Crippen LogP contribution in [0.3, 0.4) is 0 Å². The van der Waals surface area contributed by atoms with Crippen molar-refractivity contribution >= 4 is 25.7 Å². The molecule has 0 radical (unpaired) electrons. The Morgan fingerprint density at radius 3 is 2.19 bits per heavy atom. The fraction of sp³-hybridized carbons (Fsp3) is 0.318. The van der Waals surface area contributed by atoms with Crippen LogP contribution >= 0.6 is 0 Å². The predicted molar refractivity (Wildman–Crippen MR) is 107 cm³/mol. The van der Waals surface area contributed by atoms with Crippen LogP contribution in [0.4, 0.5) is 0 Å². The lowest BCUT2D eigenvalue weighted by atomic mass is 9.92. The first kappa shape index (κ1) is 19.4. The van der Waals surface area contributed by atoms with E-state index in [1.807, 2.05) is 31.8 Å². The molecule has 27 heavy (non-hydrogen) atoms. The normalized spacial score (nSPS) is 14.4.